The van der Waals surface area contributed by atoms with E-state index in [-0.39, 0.29) is 42.1 Å². The lowest BCUT2D eigenvalue weighted by Gasteiger charge is -2.30. The number of benzene rings is 1. The second kappa shape index (κ2) is 11.7. The van der Waals surface area contributed by atoms with Gasteiger partial charge in [0, 0.05) is 62.6 Å². The fourth-order valence-corrected chi connectivity index (χ4v) is 4.58. The first-order chi connectivity index (χ1) is 19.7. The molecule has 1 aliphatic rings. The van der Waals surface area contributed by atoms with Crippen molar-refractivity contribution in [3.63, 3.8) is 0 Å². The fraction of sp³-hybridized carbons (Fsp3) is 0.346. The zero-order chi connectivity index (χ0) is 30.8. The van der Waals surface area contributed by atoms with Gasteiger partial charge in [0.15, 0.2) is 0 Å². The van der Waals surface area contributed by atoms with Gasteiger partial charge in [0.2, 0.25) is 5.95 Å². The summed E-state index contributed by atoms with van der Waals surface area (Å²) in [6.45, 7) is -0.0911. The summed E-state index contributed by atoms with van der Waals surface area (Å²) in [7, 11) is 2.85. The molecule has 0 amide bonds. The Labute approximate surface area is 235 Å². The molecule has 0 aliphatic carbocycles. The first-order valence-electron chi connectivity index (χ1n) is 12.4. The minimum absolute atomic E-state index is 0.0505. The lowest BCUT2D eigenvalue weighted by atomic mass is 10.0. The van der Waals surface area contributed by atoms with Crippen molar-refractivity contribution in [2.24, 2.45) is 12.8 Å². The van der Waals surface area contributed by atoms with Crippen LogP contribution >= 0.6 is 0 Å². The molecule has 10 nitrogen and oxygen atoms in total. The van der Waals surface area contributed by atoms with Gasteiger partial charge >= 0.3 is 18.3 Å². The number of rotatable bonds is 7. The van der Waals surface area contributed by atoms with E-state index < -0.39 is 42.0 Å². The second-order valence-corrected chi connectivity index (χ2v) is 9.53. The van der Waals surface area contributed by atoms with Crippen molar-refractivity contribution in [1.29, 1.82) is 5.41 Å². The number of anilines is 1. The van der Waals surface area contributed by atoms with E-state index in [0.717, 1.165) is 13.3 Å². The van der Waals surface area contributed by atoms with Crippen molar-refractivity contribution in [3.8, 4) is 11.1 Å². The first-order valence-corrected chi connectivity index (χ1v) is 12.4. The van der Waals surface area contributed by atoms with E-state index in [0.29, 0.717) is 29.7 Å². The predicted octanol–water partition coefficient (Wildman–Crippen LogP) is 3.99. The van der Waals surface area contributed by atoms with Crippen LogP contribution in [-0.4, -0.2) is 62.7 Å². The Bertz CT molecular complexity index is 1450. The third-order valence-electron chi connectivity index (χ3n) is 6.68. The minimum atomic E-state index is -5.01. The molecular weight excluding hydrogens is 570 g/mol. The van der Waals surface area contributed by atoms with Crippen LogP contribution in [0.3, 0.4) is 0 Å². The third kappa shape index (κ3) is 6.63. The van der Waals surface area contributed by atoms with Crippen molar-refractivity contribution < 1.29 is 35.9 Å². The zero-order valence-corrected chi connectivity index (χ0v) is 22.4. The van der Waals surface area contributed by atoms with Crippen LogP contribution in [0.1, 0.15) is 23.1 Å². The van der Waals surface area contributed by atoms with Crippen LogP contribution < -0.4 is 10.6 Å². The zero-order valence-electron chi connectivity index (χ0n) is 22.4. The highest BCUT2D eigenvalue weighted by atomic mass is 19.4. The third-order valence-corrected chi connectivity index (χ3v) is 6.68. The summed E-state index contributed by atoms with van der Waals surface area (Å²) in [5.74, 6) is -1.02. The molecule has 224 valence electrons. The molecule has 4 rings (SSSR count). The number of nitrogens with one attached hydrogen (secondary N) is 1. The maximum atomic E-state index is 13.6. The summed E-state index contributed by atoms with van der Waals surface area (Å²) in [5, 5.41) is 12.5. The number of halogens is 6. The lowest BCUT2D eigenvalue weighted by Crippen LogP contribution is -2.40. The molecule has 0 radical (unpaired) electrons. The van der Waals surface area contributed by atoms with Crippen molar-refractivity contribution >= 4 is 17.8 Å². The van der Waals surface area contributed by atoms with Crippen molar-refractivity contribution in [3.05, 3.63) is 71.4 Å². The molecule has 0 bridgehead atoms. The van der Waals surface area contributed by atoms with Gasteiger partial charge in [-0.3, -0.25) is 10.1 Å². The number of methoxy groups -OCH3 is 1. The average Bonchev–Trinajstić information content (AvgIpc) is 3.60. The number of likely N-dealkylation sites (tertiary alicyclic amines) is 1. The van der Waals surface area contributed by atoms with Gasteiger partial charge in [0.05, 0.1) is 30.5 Å². The quantitative estimate of drug-likeness (QED) is 0.138. The Morgan fingerprint density at radius 2 is 1.71 bits per heavy atom. The van der Waals surface area contributed by atoms with Crippen LogP contribution in [0.15, 0.2) is 54.8 Å². The molecular formula is C26H26F6N8O2. The number of amidine groups is 1. The molecule has 3 N–H and O–H groups in total. The molecule has 0 spiro atoms. The summed E-state index contributed by atoms with van der Waals surface area (Å²) in [6, 6.07) is 0.829. The summed E-state index contributed by atoms with van der Waals surface area (Å²) in [5.41, 5.74) is 3.47. The van der Waals surface area contributed by atoms with Gasteiger partial charge in [0.25, 0.3) is 0 Å². The largest absolute Gasteiger partial charge is 0.465 e. The summed E-state index contributed by atoms with van der Waals surface area (Å²) >= 11 is 0. The molecule has 1 fully saturated rings. The topological polar surface area (TPSA) is 126 Å². The van der Waals surface area contributed by atoms with E-state index in [4.69, 9.17) is 11.1 Å². The molecule has 3 heterocycles. The normalized spacial score (nSPS) is 16.0. The number of aryl methyl sites for hydroxylation is 1. The number of alkyl halides is 6. The van der Waals surface area contributed by atoms with E-state index in [1.54, 1.807) is 24.1 Å². The number of esters is 1. The molecule has 0 saturated carbocycles. The molecule has 1 unspecified atom stereocenters. The van der Waals surface area contributed by atoms with Gasteiger partial charge in [-0.05, 0) is 30.2 Å². The second-order valence-electron chi connectivity index (χ2n) is 9.53. The van der Waals surface area contributed by atoms with Crippen molar-refractivity contribution in [1.82, 2.24) is 24.6 Å². The number of ether oxygens (including phenoxy) is 1. The number of carbonyl (C=O) groups is 1. The molecule has 3 aromatic rings. The molecule has 16 heteroatoms. The standard InChI is InChI=1S/C26H26F6N8O2/c1-38-13-17(11-37-38)16-9-35-24(36-10-16)40(20-3-4-39(14-20)22(34)21(8-33)23(41)42-2)12-15-5-18(25(27,28)29)7-19(6-15)26(30,31)32/h5-11,13,20,34H,3-4,12,14,33H2,1-2H3. The summed E-state index contributed by atoms with van der Waals surface area (Å²) < 4.78 is 87.5. The Balaban J connectivity index is 1.71. The van der Waals surface area contributed by atoms with Gasteiger partial charge in [0.1, 0.15) is 11.4 Å². The highest BCUT2D eigenvalue weighted by molar-refractivity contribution is 6.17. The average molecular weight is 597 g/mol. The number of hydrogen-bond donors (Lipinski definition) is 2. The fourth-order valence-electron chi connectivity index (χ4n) is 4.58. The highest BCUT2D eigenvalue weighted by Gasteiger charge is 2.38. The van der Waals surface area contributed by atoms with E-state index >= 15 is 0 Å². The lowest BCUT2D eigenvalue weighted by molar-refractivity contribution is -0.143. The van der Waals surface area contributed by atoms with Gasteiger partial charge in [-0.25, -0.2) is 14.8 Å². The number of carbonyl (C=O) groups excluding carboxylic acids is 1. The number of nitrogens with zero attached hydrogens (tertiary/aromatic N) is 6. The van der Waals surface area contributed by atoms with Crippen LogP contribution in [0.25, 0.3) is 11.1 Å². The molecule has 1 atom stereocenters. The monoisotopic (exact) mass is 596 g/mol. The van der Waals surface area contributed by atoms with E-state index in [1.165, 1.54) is 22.2 Å². The van der Waals surface area contributed by atoms with Gasteiger partial charge in [-0.1, -0.05) is 0 Å². The summed E-state index contributed by atoms with van der Waals surface area (Å²) in [6.07, 6.45) is -2.52. The predicted molar refractivity (Wildman–Crippen MR) is 139 cm³/mol. The maximum Gasteiger partial charge on any atom is 0.416 e. The maximum absolute atomic E-state index is 13.6. The van der Waals surface area contributed by atoms with Crippen LogP contribution in [0, 0.1) is 5.41 Å². The van der Waals surface area contributed by atoms with Crippen molar-refractivity contribution in [2.45, 2.75) is 31.4 Å². The van der Waals surface area contributed by atoms with Crippen molar-refractivity contribution in [2.75, 3.05) is 25.1 Å². The minimum Gasteiger partial charge on any atom is -0.465 e. The molecule has 1 saturated heterocycles. The van der Waals surface area contributed by atoms with Crippen LogP contribution in [-0.2, 0) is 35.5 Å². The van der Waals surface area contributed by atoms with Crippen LogP contribution in [0.4, 0.5) is 32.3 Å². The molecule has 1 aliphatic heterocycles. The number of nitrogens with two attached hydrogens (primary N) is 1. The van der Waals surface area contributed by atoms with E-state index in [9.17, 15) is 31.1 Å². The molecule has 42 heavy (non-hydrogen) atoms. The SMILES string of the molecule is COC(=O)C(=CN)C(=N)N1CCC(N(Cc2cc(C(F)(F)F)cc(C(F)(F)F)c2)c2ncc(-c3cnn(C)c3)cn2)C1. The Morgan fingerprint density at radius 1 is 1.10 bits per heavy atom. The van der Waals surface area contributed by atoms with E-state index in [1.807, 2.05) is 0 Å². The summed E-state index contributed by atoms with van der Waals surface area (Å²) in [4.78, 5) is 23.8. The Morgan fingerprint density at radius 3 is 2.21 bits per heavy atom. The molecule has 2 aromatic heterocycles. The van der Waals surface area contributed by atoms with Gasteiger partial charge in [-0.15, -0.1) is 0 Å². The number of aromatic nitrogens is 4. The number of hydrogen-bond acceptors (Lipinski definition) is 8. The first kappa shape index (κ1) is 30.3. The Kier molecular flexibility index (Phi) is 8.45. The Hall–Kier alpha value is -4.63. The molecule has 1 aromatic carbocycles. The van der Waals surface area contributed by atoms with Gasteiger partial charge in [-0.2, -0.15) is 31.4 Å². The van der Waals surface area contributed by atoms with E-state index in [2.05, 4.69) is 19.8 Å². The highest BCUT2D eigenvalue weighted by Crippen LogP contribution is 2.37. The van der Waals surface area contributed by atoms with Crippen LogP contribution in [0.5, 0.6) is 0 Å². The van der Waals surface area contributed by atoms with Crippen LogP contribution in [0.2, 0.25) is 0 Å². The van der Waals surface area contributed by atoms with Gasteiger partial charge < -0.3 is 20.3 Å². The smallest absolute Gasteiger partial charge is 0.416 e.